The van der Waals surface area contributed by atoms with Crippen LogP contribution in [0.2, 0.25) is 5.02 Å². The van der Waals surface area contributed by atoms with E-state index in [1.54, 1.807) is 6.07 Å². The Morgan fingerprint density at radius 3 is 2.37 bits per heavy atom. The third-order valence-electron chi connectivity index (χ3n) is 5.38. The van der Waals surface area contributed by atoms with Crippen LogP contribution >= 0.6 is 11.6 Å². The zero-order chi connectivity index (χ0) is 21.5. The van der Waals surface area contributed by atoms with Crippen LogP contribution in [0.4, 0.5) is 5.69 Å². The first-order valence-corrected chi connectivity index (χ1v) is 10.5. The number of carbonyl (C=O) groups excluding carboxylic acids is 2. The van der Waals surface area contributed by atoms with Crippen molar-refractivity contribution >= 4 is 29.2 Å². The predicted octanol–water partition coefficient (Wildman–Crippen LogP) is 3.51. The van der Waals surface area contributed by atoms with E-state index in [4.69, 9.17) is 16.3 Å². The molecule has 0 radical (unpaired) electrons. The first-order valence-electron chi connectivity index (χ1n) is 10.1. The zero-order valence-electron chi connectivity index (χ0n) is 17.4. The predicted molar refractivity (Wildman–Crippen MR) is 119 cm³/mol. The van der Waals surface area contributed by atoms with E-state index >= 15 is 0 Å². The van der Waals surface area contributed by atoms with Gasteiger partial charge in [-0.2, -0.15) is 0 Å². The smallest absolute Gasteiger partial charge is 0.327 e. The first kappa shape index (κ1) is 22.1. The van der Waals surface area contributed by atoms with Gasteiger partial charge in [0.25, 0.3) is 0 Å². The summed E-state index contributed by atoms with van der Waals surface area (Å²) in [6.07, 6.45) is 0.429. The average Bonchev–Trinajstić information content (AvgIpc) is 2.77. The topological polar surface area (TPSA) is 61.9 Å². The number of halogens is 1. The van der Waals surface area contributed by atoms with Crippen LogP contribution in [0.25, 0.3) is 0 Å². The summed E-state index contributed by atoms with van der Waals surface area (Å²) < 4.78 is 5.02. The summed E-state index contributed by atoms with van der Waals surface area (Å²) in [4.78, 5) is 28.9. The Balaban J connectivity index is 1.53. The van der Waals surface area contributed by atoms with Gasteiger partial charge in [0.2, 0.25) is 5.91 Å². The van der Waals surface area contributed by atoms with Crippen molar-refractivity contribution in [1.29, 1.82) is 0 Å². The van der Waals surface area contributed by atoms with E-state index in [9.17, 15) is 9.59 Å². The van der Waals surface area contributed by atoms with Crippen molar-refractivity contribution in [3.05, 3.63) is 64.7 Å². The lowest BCUT2D eigenvalue weighted by molar-refractivity contribution is -0.148. The monoisotopic (exact) mass is 429 g/mol. The number of ether oxygens (including phenoxy) is 1. The van der Waals surface area contributed by atoms with Crippen molar-refractivity contribution in [3.8, 4) is 0 Å². The lowest BCUT2D eigenvalue weighted by Crippen LogP contribution is -2.51. The van der Waals surface area contributed by atoms with E-state index in [1.807, 2.05) is 59.2 Å². The molecule has 1 N–H and O–H groups in total. The third-order valence-corrected chi connectivity index (χ3v) is 5.72. The summed E-state index contributed by atoms with van der Waals surface area (Å²) in [5, 5.41) is 3.82. The van der Waals surface area contributed by atoms with E-state index in [-0.39, 0.29) is 11.9 Å². The largest absolute Gasteiger partial charge is 0.468 e. The number of anilines is 1. The van der Waals surface area contributed by atoms with Gasteiger partial charge in [-0.3, -0.25) is 9.69 Å². The number of nitrogens with zero attached hydrogens (tertiary/aromatic N) is 2. The van der Waals surface area contributed by atoms with Crippen LogP contribution in [0.5, 0.6) is 0 Å². The molecular weight excluding hydrogens is 402 g/mol. The SMILES string of the molecule is COC(=O)[C@@H](c1ccccc1Cl)N1CCN(C(=O)CCNc2ccc(C)cc2)CC1. The number of hydrogen-bond donors (Lipinski definition) is 1. The van der Waals surface area contributed by atoms with Crippen LogP contribution in [0.15, 0.2) is 48.5 Å². The van der Waals surface area contributed by atoms with Crippen LogP contribution in [-0.4, -0.2) is 61.5 Å². The summed E-state index contributed by atoms with van der Waals surface area (Å²) in [6.45, 7) is 4.95. The fourth-order valence-corrected chi connectivity index (χ4v) is 3.89. The summed E-state index contributed by atoms with van der Waals surface area (Å²) in [7, 11) is 1.38. The normalized spacial score (nSPS) is 15.5. The minimum absolute atomic E-state index is 0.113. The maximum absolute atomic E-state index is 12.6. The third kappa shape index (κ3) is 5.52. The summed E-state index contributed by atoms with van der Waals surface area (Å²) in [5.41, 5.74) is 2.95. The Kier molecular flexibility index (Phi) is 7.71. The highest BCUT2D eigenvalue weighted by atomic mass is 35.5. The van der Waals surface area contributed by atoms with E-state index in [2.05, 4.69) is 5.32 Å². The number of benzene rings is 2. The van der Waals surface area contributed by atoms with Crippen LogP contribution in [0.1, 0.15) is 23.6 Å². The number of piperazine rings is 1. The maximum atomic E-state index is 12.6. The van der Waals surface area contributed by atoms with Gasteiger partial charge >= 0.3 is 5.97 Å². The van der Waals surface area contributed by atoms with Gasteiger partial charge < -0.3 is 15.0 Å². The lowest BCUT2D eigenvalue weighted by atomic mass is 10.0. The molecule has 6 nitrogen and oxygen atoms in total. The van der Waals surface area contributed by atoms with Gasteiger partial charge in [0.05, 0.1) is 7.11 Å². The van der Waals surface area contributed by atoms with Gasteiger partial charge in [-0.05, 0) is 30.7 Å². The molecule has 1 fully saturated rings. The van der Waals surface area contributed by atoms with E-state index in [0.717, 1.165) is 11.3 Å². The fourth-order valence-electron chi connectivity index (χ4n) is 3.65. The molecule has 1 aliphatic heterocycles. The molecule has 0 aromatic heterocycles. The quantitative estimate of drug-likeness (QED) is 0.682. The molecule has 7 heteroatoms. The second-order valence-corrected chi connectivity index (χ2v) is 7.81. The van der Waals surface area contributed by atoms with Gasteiger partial charge in [0.15, 0.2) is 0 Å². The molecule has 0 aliphatic carbocycles. The molecule has 160 valence electrons. The molecule has 1 atom stereocenters. The number of rotatable bonds is 7. The Hall–Kier alpha value is -2.57. The van der Waals surface area contributed by atoms with Gasteiger partial charge in [0, 0.05) is 49.9 Å². The molecule has 0 unspecified atom stereocenters. The molecule has 1 saturated heterocycles. The van der Waals surface area contributed by atoms with Crippen LogP contribution in [0, 0.1) is 6.92 Å². The van der Waals surface area contributed by atoms with Crippen molar-refractivity contribution in [2.75, 3.05) is 45.2 Å². The first-order chi connectivity index (χ1) is 14.5. The molecule has 2 aromatic carbocycles. The number of aryl methyl sites for hydroxylation is 1. The standard InChI is InChI=1S/C23H28ClN3O3/c1-17-7-9-18(10-8-17)25-12-11-21(28)26-13-15-27(16-14-26)22(23(29)30-2)19-5-3-4-6-20(19)24/h3-10,22,25H,11-16H2,1-2H3/t22-/m1/s1. The van der Waals surface area contributed by atoms with Crippen molar-refractivity contribution in [2.24, 2.45) is 0 Å². The maximum Gasteiger partial charge on any atom is 0.327 e. The Bertz CT molecular complexity index is 864. The average molecular weight is 430 g/mol. The minimum atomic E-state index is -0.566. The van der Waals surface area contributed by atoms with Crippen molar-refractivity contribution < 1.29 is 14.3 Å². The minimum Gasteiger partial charge on any atom is -0.468 e. The van der Waals surface area contributed by atoms with E-state index in [1.165, 1.54) is 12.7 Å². The van der Waals surface area contributed by atoms with Crippen LogP contribution < -0.4 is 5.32 Å². The lowest BCUT2D eigenvalue weighted by Gasteiger charge is -2.38. The summed E-state index contributed by atoms with van der Waals surface area (Å²) in [5.74, 6) is -0.230. The Morgan fingerprint density at radius 2 is 1.73 bits per heavy atom. The number of amides is 1. The second-order valence-electron chi connectivity index (χ2n) is 7.41. The van der Waals surface area contributed by atoms with Gasteiger partial charge in [-0.25, -0.2) is 4.79 Å². The molecule has 1 heterocycles. The van der Waals surface area contributed by atoms with Gasteiger partial charge in [-0.1, -0.05) is 47.5 Å². The molecular formula is C23H28ClN3O3. The highest BCUT2D eigenvalue weighted by molar-refractivity contribution is 6.31. The molecule has 0 bridgehead atoms. The molecule has 1 amide bonds. The molecule has 2 aromatic rings. The van der Waals surface area contributed by atoms with Gasteiger partial charge in [0.1, 0.15) is 6.04 Å². The highest BCUT2D eigenvalue weighted by Gasteiger charge is 2.33. The number of nitrogens with one attached hydrogen (secondary N) is 1. The number of methoxy groups -OCH3 is 1. The number of carbonyl (C=O) groups is 2. The summed E-state index contributed by atoms with van der Waals surface area (Å²) in [6, 6.07) is 14.9. The van der Waals surface area contributed by atoms with Crippen LogP contribution in [-0.2, 0) is 14.3 Å². The summed E-state index contributed by atoms with van der Waals surface area (Å²) >= 11 is 6.33. The molecule has 0 spiro atoms. The molecule has 0 saturated carbocycles. The fraction of sp³-hybridized carbons (Fsp3) is 0.391. The van der Waals surface area contributed by atoms with Crippen molar-refractivity contribution in [2.45, 2.75) is 19.4 Å². The van der Waals surface area contributed by atoms with Crippen molar-refractivity contribution in [1.82, 2.24) is 9.80 Å². The second kappa shape index (κ2) is 10.5. The Labute approximate surface area is 182 Å². The number of esters is 1. The van der Waals surface area contributed by atoms with E-state index < -0.39 is 6.04 Å². The number of hydrogen-bond acceptors (Lipinski definition) is 5. The zero-order valence-corrected chi connectivity index (χ0v) is 18.2. The van der Waals surface area contributed by atoms with Crippen molar-refractivity contribution in [3.63, 3.8) is 0 Å². The van der Waals surface area contributed by atoms with Gasteiger partial charge in [-0.15, -0.1) is 0 Å². The molecule has 3 rings (SSSR count). The highest BCUT2D eigenvalue weighted by Crippen LogP contribution is 2.29. The molecule has 1 aliphatic rings. The van der Waals surface area contributed by atoms with E-state index in [0.29, 0.717) is 44.2 Å². The Morgan fingerprint density at radius 1 is 1.07 bits per heavy atom. The molecule has 30 heavy (non-hydrogen) atoms. The van der Waals surface area contributed by atoms with Crippen LogP contribution in [0.3, 0.4) is 0 Å².